The molecule has 0 unspecified atom stereocenters. The van der Waals surface area contributed by atoms with E-state index in [0.29, 0.717) is 70.7 Å². The van der Waals surface area contributed by atoms with Crippen LogP contribution in [0, 0.1) is 0 Å². The molecular formula is C72H51Al2N16O+. The van der Waals surface area contributed by atoms with Crippen molar-refractivity contribution in [2.75, 3.05) is 0 Å². The van der Waals surface area contributed by atoms with E-state index in [1.54, 1.807) is 0 Å². The molecule has 0 aliphatic carbocycles. The Morgan fingerprint density at radius 2 is 0.978 bits per heavy atom. The first kappa shape index (κ1) is 52.5. The monoisotopic (exact) mass is 1210 g/mol. The van der Waals surface area contributed by atoms with Crippen LogP contribution in [-0.2, 0) is 11.3 Å². The third-order valence-electron chi connectivity index (χ3n) is 18.8. The van der Waals surface area contributed by atoms with E-state index in [1.807, 2.05) is 42.5 Å². The van der Waals surface area contributed by atoms with E-state index in [4.69, 9.17) is 59.7 Å². The summed E-state index contributed by atoms with van der Waals surface area (Å²) in [5.74, 6) is 8.43. The summed E-state index contributed by atoms with van der Waals surface area (Å²) in [5, 5.41) is 6.77. The molecule has 0 saturated carbocycles. The summed E-state index contributed by atoms with van der Waals surface area (Å²) in [4.78, 5) is 60.2. The molecule has 8 aliphatic heterocycles. The van der Waals surface area contributed by atoms with Crippen LogP contribution in [0.3, 0.4) is 0 Å². The van der Waals surface area contributed by atoms with Gasteiger partial charge in [-0.05, 0) is 50.5 Å². The number of hydrogen-bond acceptors (Lipinski definition) is 11. The Hall–Kier alpha value is -10.5. The lowest BCUT2D eigenvalue weighted by Crippen LogP contribution is -2.67. The average molecular weight is 1210 g/mol. The maximum absolute atomic E-state index is 8.46. The van der Waals surface area contributed by atoms with Crippen LogP contribution in [0.1, 0.15) is 83.3 Å². The van der Waals surface area contributed by atoms with Crippen molar-refractivity contribution in [2.45, 2.75) is 44.3 Å². The van der Waals surface area contributed by atoms with Crippen LogP contribution in [0.2, 0.25) is 0 Å². The average Bonchev–Trinajstić information content (AvgIpc) is 1.55. The highest BCUT2D eigenvalue weighted by Gasteiger charge is 2.60. The van der Waals surface area contributed by atoms with E-state index in [9.17, 15) is 0 Å². The Balaban J connectivity index is 0.891. The zero-order chi connectivity index (χ0) is 60.8. The molecule has 3 N–H and O–H groups in total. The quantitative estimate of drug-likeness (QED) is 0.128. The standard InChI is InChI=1S/C39H30N8O.C33H20N8.2Al/c1-22(2)48-39(3,4)21-31-23-13-5-7-15-25(23)33(41-31)43-35-27-17-9-11-19-29(27)37(45-35)47-38-30-20-12-10-18-28(30)36(46-38)44-34-26-16-8-6-14-24(26)32(40)42-34;1-34-27-21-12-4-5-13-22(21)29(36-27)38-31-25-16-8-9-17-26(25)33(40-31)41-32-24-15-7-6-14-23(24)30(39-32)37-28-20-11-3-2-10-19(20)18-35-28;;/h5-20H,1-4H3,(H2-,40,41,42,43,44,45,47);2-17H,1,18H2;;/q2*-2;2*+2/p+1. The molecule has 19 rings (SSSR count). The first-order valence-corrected chi connectivity index (χ1v) is 33.7. The topological polar surface area (TPSA) is 191 Å². The predicted molar refractivity (Wildman–Crippen MR) is 365 cm³/mol. The number of fused-ring (bicyclic) bond motifs is 23. The van der Waals surface area contributed by atoms with Gasteiger partial charge in [-0.1, -0.05) is 188 Å². The normalized spacial score (nSPS) is 17.2. The van der Waals surface area contributed by atoms with Crippen molar-refractivity contribution in [3.63, 3.8) is 0 Å². The summed E-state index contributed by atoms with van der Waals surface area (Å²) in [5.41, 5.74) is 13.5. The number of aromatic nitrogens is 3. The van der Waals surface area contributed by atoms with Gasteiger partial charge in [-0.25, -0.2) is 44.9 Å². The lowest BCUT2D eigenvalue weighted by Gasteiger charge is -2.46. The van der Waals surface area contributed by atoms with Crippen LogP contribution in [0.4, 0.5) is 23.3 Å². The van der Waals surface area contributed by atoms with Crippen LogP contribution >= 0.6 is 0 Å². The molecule has 3 aromatic heterocycles. The Morgan fingerprint density at radius 1 is 0.473 bits per heavy atom. The van der Waals surface area contributed by atoms with Crippen LogP contribution in [0.5, 0.6) is 0 Å². The summed E-state index contributed by atoms with van der Waals surface area (Å²) >= 11 is -6.27. The summed E-state index contributed by atoms with van der Waals surface area (Å²) in [6.45, 7) is 13.8. The van der Waals surface area contributed by atoms with Crippen molar-refractivity contribution in [2.24, 2.45) is 54.9 Å². The molecule has 4 bridgehead atoms. The van der Waals surface area contributed by atoms with Crippen molar-refractivity contribution >= 4 is 148 Å². The smallest absolute Gasteiger partial charge is 0.396 e. The molecule has 0 amide bonds. The van der Waals surface area contributed by atoms with Crippen molar-refractivity contribution in [1.82, 2.24) is 14.5 Å². The van der Waals surface area contributed by atoms with E-state index in [-0.39, 0.29) is 0 Å². The molecule has 11 aromatic rings. The summed E-state index contributed by atoms with van der Waals surface area (Å²) in [6, 6.07) is 66.8. The Kier molecular flexibility index (Phi) is 11.0. The summed E-state index contributed by atoms with van der Waals surface area (Å²) < 4.78 is 18.1. The van der Waals surface area contributed by atoms with Gasteiger partial charge in [0, 0.05) is 82.2 Å². The van der Waals surface area contributed by atoms with Crippen molar-refractivity contribution in [3.05, 3.63) is 261 Å². The number of aliphatic imine (C=N–C) groups is 10. The Bertz CT molecular complexity index is 5680. The number of nitrogens with zero attached hydrogens (tertiary/aromatic N) is 15. The summed E-state index contributed by atoms with van der Waals surface area (Å²) in [6.07, 6.45) is 0. The summed E-state index contributed by atoms with van der Waals surface area (Å²) in [7, 11) is 0. The lowest BCUT2D eigenvalue weighted by atomic mass is 10.1. The zero-order valence-corrected chi connectivity index (χ0v) is 52.2. The maximum atomic E-state index is 8.46. The highest BCUT2D eigenvalue weighted by atomic mass is 27.2. The fourth-order valence-corrected chi connectivity index (χ4v) is 22.3. The first-order valence-electron chi connectivity index (χ1n) is 30.5. The molecule has 0 saturated heterocycles. The highest BCUT2D eigenvalue weighted by molar-refractivity contribution is 6.79. The minimum absolute atomic E-state index is 0.518. The number of ether oxygens (including phenoxy) is 1. The second kappa shape index (κ2) is 19.0. The van der Waals surface area contributed by atoms with E-state index in [1.165, 1.54) is 0 Å². The zero-order valence-electron chi connectivity index (χ0n) is 49.9. The van der Waals surface area contributed by atoms with Crippen LogP contribution in [0.25, 0.3) is 36.8 Å². The number of hydrogen-bond donors (Lipinski definition) is 1. The molecule has 17 nitrogen and oxygen atoms in total. The second-order valence-electron chi connectivity index (χ2n) is 24.8. The van der Waals surface area contributed by atoms with Gasteiger partial charge in [0.25, 0.3) is 0 Å². The second-order valence-corrected chi connectivity index (χ2v) is 30.3. The van der Waals surface area contributed by atoms with Crippen molar-refractivity contribution in [3.8, 4) is 0 Å². The highest BCUT2D eigenvalue weighted by Crippen LogP contribution is 2.48. The van der Waals surface area contributed by atoms with Gasteiger partial charge in [-0.3, -0.25) is 4.99 Å². The number of quaternary nitrogens is 1. The number of rotatable bonds is 6. The Morgan fingerprint density at radius 3 is 1.63 bits per heavy atom. The van der Waals surface area contributed by atoms with Crippen molar-refractivity contribution < 1.29 is 10.5 Å². The molecule has 0 fully saturated rings. The third kappa shape index (κ3) is 7.38. The third-order valence-corrected chi connectivity index (χ3v) is 25.6. The van der Waals surface area contributed by atoms with Crippen molar-refractivity contribution in [1.29, 1.82) is 0 Å². The molecule has 11 heterocycles. The van der Waals surface area contributed by atoms with Gasteiger partial charge < -0.3 is 25.0 Å². The van der Waals surface area contributed by atoms with E-state index in [2.05, 4.69) is 206 Å². The molecule has 91 heavy (non-hydrogen) atoms. The largest absolute Gasteiger partial charge is 0.630 e. The van der Waals surface area contributed by atoms with Gasteiger partial charge >= 0.3 is 29.2 Å². The minimum Gasteiger partial charge on any atom is -0.396 e. The SMILES string of the molecule is C=Nc1c2ccccc2c2[n]1[Al]([C](C)(C)OC(C)(C)[C]1=c3c4ccccc4c4[n]3[Al]1[n]1c(N=C3N=C([NH3+])c5ccccc53)c3ccccc3c1N=C1N=C(N=4)c3ccccc31)[N]1C(=NC3=NCc4ccccc43)c3ccccc3C1=NC1=NC(=N2)c2ccccc21. The first-order chi connectivity index (χ1) is 44.5. The van der Waals surface area contributed by atoms with Gasteiger partial charge in [-0.15, -0.1) is 0 Å². The molecule has 0 atom stereocenters. The van der Waals surface area contributed by atoms with Crippen LogP contribution in [-0.4, -0.2) is 113 Å². The van der Waals surface area contributed by atoms with Crippen LogP contribution in [0.15, 0.2) is 249 Å². The van der Waals surface area contributed by atoms with Gasteiger partial charge in [-0.2, -0.15) is 4.99 Å². The molecule has 19 heteroatoms. The molecular weight excluding hydrogens is 1160 g/mol. The van der Waals surface area contributed by atoms with Gasteiger partial charge in [0.2, 0.25) is 5.84 Å². The lowest BCUT2D eigenvalue weighted by molar-refractivity contribution is -0.212. The van der Waals surface area contributed by atoms with E-state index in [0.717, 1.165) is 115 Å². The molecule has 0 radical (unpaired) electrons. The van der Waals surface area contributed by atoms with Gasteiger partial charge in [0.1, 0.15) is 40.4 Å². The molecule has 8 aromatic carbocycles. The molecule has 8 aliphatic rings. The molecule has 430 valence electrons. The Labute approximate surface area is 529 Å². The molecule has 0 spiro atoms. The number of amidine groups is 9. The minimum atomic E-state index is -3.32. The van der Waals surface area contributed by atoms with Crippen LogP contribution < -0.4 is 16.6 Å². The number of benzene rings is 8. The fourth-order valence-electron chi connectivity index (χ4n) is 15.1. The predicted octanol–water partition coefficient (Wildman–Crippen LogP) is 10.5. The van der Waals surface area contributed by atoms with Gasteiger partial charge in [0.15, 0.2) is 35.0 Å². The fraction of sp³-hybridized carbons (Fsp3) is 0.0972. The maximum Gasteiger partial charge on any atom is 0.630 e. The van der Waals surface area contributed by atoms with E-state index >= 15 is 0 Å². The van der Waals surface area contributed by atoms with Gasteiger partial charge in [0.05, 0.1) is 22.2 Å². The van der Waals surface area contributed by atoms with E-state index < -0.39 is 39.2 Å².